The Morgan fingerprint density at radius 3 is 1.16 bits per heavy atom. The number of hydrogen-bond donors (Lipinski definition) is 0. The molecule has 62 heavy (non-hydrogen) atoms. The molecule has 5 nitrogen and oxygen atoms in total. The lowest BCUT2D eigenvalue weighted by Gasteiger charge is -2.18. The Morgan fingerprint density at radius 1 is 0.371 bits per heavy atom. The molecule has 1 unspecified atom stereocenters. The molecule has 0 aromatic carbocycles. The summed E-state index contributed by atoms with van der Waals surface area (Å²) >= 11 is 0. The van der Waals surface area contributed by atoms with Crippen LogP contribution in [0.4, 0.5) is 0 Å². The zero-order valence-corrected chi connectivity index (χ0v) is 40.9. The van der Waals surface area contributed by atoms with Crippen molar-refractivity contribution in [3.8, 4) is 0 Å². The zero-order valence-electron chi connectivity index (χ0n) is 40.9. The van der Waals surface area contributed by atoms with Gasteiger partial charge in [0.15, 0.2) is 6.10 Å². The first-order chi connectivity index (χ1) is 30.6. The summed E-state index contributed by atoms with van der Waals surface area (Å²) < 4.78 is 17.3. The summed E-state index contributed by atoms with van der Waals surface area (Å²) in [5, 5.41) is 0. The maximum absolute atomic E-state index is 12.8. The van der Waals surface area contributed by atoms with Gasteiger partial charge in [0, 0.05) is 19.4 Å². The SMILES string of the molecule is CC/C=C\C/C=C\C/C=C\C/C=C\CCCOCC(COC(=O)CCCCCCCCCCCCCCCCCCC)OC(=O)CCCCCCC/C=C\C/C=C\C/C=C\CC. The van der Waals surface area contributed by atoms with Crippen LogP contribution < -0.4 is 0 Å². The highest BCUT2D eigenvalue weighted by atomic mass is 16.6. The molecule has 0 fully saturated rings. The lowest BCUT2D eigenvalue weighted by Crippen LogP contribution is -2.30. The average molecular weight is 863 g/mol. The minimum Gasteiger partial charge on any atom is -0.462 e. The van der Waals surface area contributed by atoms with Crippen molar-refractivity contribution in [3.63, 3.8) is 0 Å². The third-order valence-electron chi connectivity index (χ3n) is 10.9. The number of hydrogen-bond acceptors (Lipinski definition) is 5. The Bertz CT molecular complexity index is 1160. The van der Waals surface area contributed by atoms with Crippen molar-refractivity contribution in [2.75, 3.05) is 19.8 Å². The number of rotatable bonds is 47. The van der Waals surface area contributed by atoms with E-state index in [1.807, 2.05) is 0 Å². The second-order valence-electron chi connectivity index (χ2n) is 17.0. The van der Waals surface area contributed by atoms with Gasteiger partial charge in [-0.05, 0) is 83.5 Å². The minimum absolute atomic E-state index is 0.0552. The molecule has 0 aliphatic rings. The van der Waals surface area contributed by atoms with Crippen LogP contribution in [0, 0.1) is 0 Å². The van der Waals surface area contributed by atoms with E-state index in [0.717, 1.165) is 96.3 Å². The molecule has 1 atom stereocenters. The van der Waals surface area contributed by atoms with E-state index in [-0.39, 0.29) is 25.2 Å². The fourth-order valence-corrected chi connectivity index (χ4v) is 7.12. The molecular weight excluding hydrogens is 765 g/mol. The van der Waals surface area contributed by atoms with E-state index in [4.69, 9.17) is 14.2 Å². The second-order valence-corrected chi connectivity index (χ2v) is 17.0. The Morgan fingerprint density at radius 2 is 0.726 bits per heavy atom. The van der Waals surface area contributed by atoms with E-state index < -0.39 is 6.10 Å². The maximum Gasteiger partial charge on any atom is 0.306 e. The van der Waals surface area contributed by atoms with Crippen molar-refractivity contribution >= 4 is 11.9 Å². The van der Waals surface area contributed by atoms with E-state index in [2.05, 4.69) is 106 Å². The predicted octanol–water partition coefficient (Wildman–Crippen LogP) is 17.7. The van der Waals surface area contributed by atoms with E-state index in [1.165, 1.54) is 109 Å². The first kappa shape index (κ1) is 59.1. The normalized spacial score (nSPS) is 12.9. The van der Waals surface area contributed by atoms with Crippen LogP contribution in [0.3, 0.4) is 0 Å². The molecule has 0 amide bonds. The highest BCUT2D eigenvalue weighted by Crippen LogP contribution is 2.15. The van der Waals surface area contributed by atoms with Gasteiger partial charge in [0.05, 0.1) is 6.61 Å². The Hall–Kier alpha value is -2.92. The molecular formula is C57H98O5. The van der Waals surface area contributed by atoms with Gasteiger partial charge in [-0.2, -0.15) is 0 Å². The van der Waals surface area contributed by atoms with Gasteiger partial charge in [-0.1, -0.05) is 228 Å². The third kappa shape index (κ3) is 49.7. The predicted molar refractivity (Wildman–Crippen MR) is 270 cm³/mol. The van der Waals surface area contributed by atoms with Crippen LogP contribution in [-0.2, 0) is 23.8 Å². The molecule has 0 spiro atoms. The number of ether oxygens (including phenoxy) is 3. The average Bonchev–Trinajstić information content (AvgIpc) is 3.27. The first-order valence-corrected chi connectivity index (χ1v) is 26.1. The van der Waals surface area contributed by atoms with Crippen LogP contribution in [0.2, 0.25) is 0 Å². The number of carbonyl (C=O) groups excluding carboxylic acids is 2. The van der Waals surface area contributed by atoms with Crippen molar-refractivity contribution in [1.29, 1.82) is 0 Å². The molecule has 0 saturated carbocycles. The minimum atomic E-state index is -0.575. The molecule has 0 saturated heterocycles. The zero-order chi connectivity index (χ0) is 44.9. The summed E-state index contributed by atoms with van der Waals surface area (Å²) in [6, 6.07) is 0. The number of esters is 2. The number of allylic oxidation sites excluding steroid dienone is 14. The summed E-state index contributed by atoms with van der Waals surface area (Å²) in [7, 11) is 0. The molecule has 0 aromatic rings. The lowest BCUT2D eigenvalue weighted by atomic mass is 10.0. The van der Waals surface area contributed by atoms with E-state index >= 15 is 0 Å². The standard InChI is InChI=1S/C57H98O5/c1-4-7-10-13-16-19-22-25-28-29-31-32-35-38-41-44-47-50-56(58)61-54-55(53-60-52-49-46-43-40-37-34-27-24-21-18-15-12-9-6-3)62-57(59)51-48-45-42-39-36-33-30-26-23-20-17-14-11-8-5-2/h8-9,11-12,17-18,20-21,26-27,30,34,40,43,55H,4-7,10,13-16,19,22-25,28-29,31-33,35-39,41-42,44-54H2,1-3H3/b11-8-,12-9-,20-17-,21-18-,30-26-,34-27-,43-40-. The first-order valence-electron chi connectivity index (χ1n) is 26.1. The monoisotopic (exact) mass is 863 g/mol. The van der Waals surface area contributed by atoms with Crippen molar-refractivity contribution in [2.24, 2.45) is 0 Å². The van der Waals surface area contributed by atoms with Gasteiger partial charge in [-0.25, -0.2) is 0 Å². The van der Waals surface area contributed by atoms with Crippen molar-refractivity contribution < 1.29 is 23.8 Å². The molecule has 0 bridgehead atoms. The molecule has 5 heteroatoms. The van der Waals surface area contributed by atoms with Gasteiger partial charge < -0.3 is 14.2 Å². The van der Waals surface area contributed by atoms with E-state index in [9.17, 15) is 9.59 Å². The highest BCUT2D eigenvalue weighted by molar-refractivity contribution is 5.70. The van der Waals surface area contributed by atoms with Crippen LogP contribution in [0.25, 0.3) is 0 Å². The van der Waals surface area contributed by atoms with Crippen LogP contribution in [-0.4, -0.2) is 37.9 Å². The topological polar surface area (TPSA) is 61.8 Å². The summed E-state index contributed by atoms with van der Waals surface area (Å²) in [5.74, 6) is -0.443. The molecule has 0 aliphatic heterocycles. The Balaban J connectivity index is 4.34. The molecule has 0 N–H and O–H groups in total. The van der Waals surface area contributed by atoms with Crippen LogP contribution >= 0.6 is 0 Å². The van der Waals surface area contributed by atoms with Gasteiger partial charge in [-0.3, -0.25) is 9.59 Å². The molecule has 0 aliphatic carbocycles. The van der Waals surface area contributed by atoms with Crippen molar-refractivity contribution in [2.45, 2.75) is 245 Å². The van der Waals surface area contributed by atoms with Crippen molar-refractivity contribution in [1.82, 2.24) is 0 Å². The molecule has 0 aromatic heterocycles. The summed E-state index contributed by atoms with van der Waals surface area (Å²) in [6.07, 6.45) is 68.9. The fraction of sp³-hybridized carbons (Fsp3) is 0.719. The van der Waals surface area contributed by atoms with Gasteiger partial charge in [-0.15, -0.1) is 0 Å². The quantitative estimate of drug-likeness (QED) is 0.0346. The summed E-state index contributed by atoms with van der Waals surface area (Å²) in [6.45, 7) is 7.46. The highest BCUT2D eigenvalue weighted by Gasteiger charge is 2.17. The Kier molecular flexibility index (Phi) is 50.0. The summed E-state index contributed by atoms with van der Waals surface area (Å²) in [5.41, 5.74) is 0. The fourth-order valence-electron chi connectivity index (χ4n) is 7.12. The second kappa shape index (κ2) is 52.4. The van der Waals surface area contributed by atoms with Crippen LogP contribution in [0.15, 0.2) is 85.1 Å². The van der Waals surface area contributed by atoms with Crippen LogP contribution in [0.1, 0.15) is 239 Å². The lowest BCUT2D eigenvalue weighted by molar-refractivity contribution is -0.163. The maximum atomic E-state index is 12.8. The van der Waals surface area contributed by atoms with Crippen molar-refractivity contribution in [3.05, 3.63) is 85.1 Å². The third-order valence-corrected chi connectivity index (χ3v) is 10.9. The molecule has 0 heterocycles. The molecule has 0 rings (SSSR count). The number of unbranched alkanes of at least 4 members (excludes halogenated alkanes) is 22. The van der Waals surface area contributed by atoms with Gasteiger partial charge in [0.25, 0.3) is 0 Å². The van der Waals surface area contributed by atoms with E-state index in [1.54, 1.807) is 0 Å². The Labute approximate surface area is 384 Å². The van der Waals surface area contributed by atoms with Gasteiger partial charge in [0.1, 0.15) is 6.61 Å². The van der Waals surface area contributed by atoms with Gasteiger partial charge >= 0.3 is 11.9 Å². The largest absolute Gasteiger partial charge is 0.462 e. The smallest absolute Gasteiger partial charge is 0.306 e. The van der Waals surface area contributed by atoms with E-state index in [0.29, 0.717) is 19.4 Å². The molecule has 0 radical (unpaired) electrons. The number of carbonyl (C=O) groups is 2. The van der Waals surface area contributed by atoms with Gasteiger partial charge in [0.2, 0.25) is 0 Å². The summed E-state index contributed by atoms with van der Waals surface area (Å²) in [4.78, 5) is 25.4. The molecule has 356 valence electrons. The van der Waals surface area contributed by atoms with Crippen LogP contribution in [0.5, 0.6) is 0 Å².